The molecule has 0 aliphatic heterocycles. The molecule has 0 atom stereocenters. The Morgan fingerprint density at radius 2 is 0.632 bits per heavy atom. The van der Waals surface area contributed by atoms with E-state index < -0.39 is 0 Å². The lowest BCUT2D eigenvalue weighted by Gasteiger charge is -2.10. The summed E-state index contributed by atoms with van der Waals surface area (Å²) in [6.45, 7) is 0. The summed E-state index contributed by atoms with van der Waals surface area (Å²) >= 11 is 0. The first-order valence-corrected chi connectivity index (χ1v) is 12.8. The van der Waals surface area contributed by atoms with Gasteiger partial charge in [0.05, 0.1) is 0 Å². The van der Waals surface area contributed by atoms with E-state index in [1.807, 2.05) is 0 Å². The van der Waals surface area contributed by atoms with Crippen LogP contribution in [0.1, 0.15) is 22.3 Å². The SMILES string of the molecule is C(#Cc1c2ccccc2c(C#Cc2ccc3ccccc3c2)c2ccccc12)c1ccc2ccccc2c1. The van der Waals surface area contributed by atoms with Gasteiger partial charge in [0, 0.05) is 22.3 Å². The molecular formula is C38H22. The van der Waals surface area contributed by atoms with Crippen LogP contribution in [-0.2, 0) is 0 Å². The van der Waals surface area contributed by atoms with E-state index in [0.29, 0.717) is 0 Å². The number of hydrogen-bond donors (Lipinski definition) is 0. The van der Waals surface area contributed by atoms with Crippen molar-refractivity contribution >= 4 is 43.1 Å². The largest absolute Gasteiger partial charge is 0.0616 e. The molecule has 0 spiro atoms. The smallest absolute Gasteiger partial charge is 0.0406 e. The molecule has 0 amide bonds. The fourth-order valence-electron chi connectivity index (χ4n) is 5.20. The van der Waals surface area contributed by atoms with Crippen molar-refractivity contribution in [1.29, 1.82) is 0 Å². The summed E-state index contributed by atoms with van der Waals surface area (Å²) < 4.78 is 0. The monoisotopic (exact) mass is 478 g/mol. The number of benzene rings is 7. The van der Waals surface area contributed by atoms with E-state index in [1.54, 1.807) is 0 Å². The van der Waals surface area contributed by atoms with Crippen molar-refractivity contribution in [3.8, 4) is 23.7 Å². The molecule has 0 nitrogen and oxygen atoms in total. The van der Waals surface area contributed by atoms with Crippen LogP contribution < -0.4 is 0 Å². The van der Waals surface area contributed by atoms with Gasteiger partial charge < -0.3 is 0 Å². The van der Waals surface area contributed by atoms with E-state index in [1.165, 1.54) is 21.5 Å². The molecule has 7 rings (SSSR count). The fraction of sp³-hybridized carbons (Fsp3) is 0. The van der Waals surface area contributed by atoms with Gasteiger partial charge in [-0.2, -0.15) is 0 Å². The van der Waals surface area contributed by atoms with E-state index >= 15 is 0 Å². The second kappa shape index (κ2) is 9.29. The number of rotatable bonds is 0. The molecule has 0 saturated carbocycles. The molecule has 0 heteroatoms. The highest BCUT2D eigenvalue weighted by Crippen LogP contribution is 2.32. The second-order valence-corrected chi connectivity index (χ2v) is 9.47. The molecule has 0 saturated heterocycles. The Morgan fingerprint density at radius 1 is 0.289 bits per heavy atom. The van der Waals surface area contributed by atoms with Crippen LogP contribution in [0.5, 0.6) is 0 Å². The lowest BCUT2D eigenvalue weighted by atomic mass is 9.91. The van der Waals surface area contributed by atoms with Crippen LogP contribution in [0, 0.1) is 23.7 Å². The standard InChI is InChI=1S/C38H22/c1-3-11-31-25-27(17-21-29(31)9-1)19-23-37-33-13-5-7-15-35(33)38(36-16-8-6-14-34(36)37)24-20-28-18-22-30-10-2-4-12-32(30)26-28/h1-18,21-22,25-26H. The molecule has 0 N–H and O–H groups in total. The molecule has 0 bridgehead atoms. The van der Waals surface area contributed by atoms with E-state index in [-0.39, 0.29) is 0 Å². The van der Waals surface area contributed by atoms with Gasteiger partial charge in [0.2, 0.25) is 0 Å². The highest BCUT2D eigenvalue weighted by Gasteiger charge is 2.11. The predicted octanol–water partition coefficient (Wildman–Crippen LogP) is 9.10. The molecule has 7 aromatic rings. The summed E-state index contributed by atoms with van der Waals surface area (Å²) in [7, 11) is 0. The van der Waals surface area contributed by atoms with Crippen molar-refractivity contribution < 1.29 is 0 Å². The third-order valence-electron chi connectivity index (χ3n) is 7.09. The van der Waals surface area contributed by atoms with Crippen molar-refractivity contribution in [2.24, 2.45) is 0 Å². The van der Waals surface area contributed by atoms with Crippen molar-refractivity contribution in [3.63, 3.8) is 0 Å². The summed E-state index contributed by atoms with van der Waals surface area (Å²) in [4.78, 5) is 0. The zero-order valence-electron chi connectivity index (χ0n) is 20.7. The molecule has 0 unspecified atom stereocenters. The van der Waals surface area contributed by atoms with Gasteiger partial charge in [-0.25, -0.2) is 0 Å². The molecular weight excluding hydrogens is 456 g/mol. The Labute approximate surface area is 222 Å². The average Bonchev–Trinajstić information content (AvgIpc) is 2.98. The number of fused-ring (bicyclic) bond motifs is 4. The Balaban J connectivity index is 1.41. The highest BCUT2D eigenvalue weighted by molar-refractivity contribution is 6.10. The van der Waals surface area contributed by atoms with Gasteiger partial charge in [-0.05, 0) is 67.4 Å². The zero-order valence-corrected chi connectivity index (χ0v) is 20.7. The molecule has 0 heterocycles. The molecule has 0 aromatic heterocycles. The predicted molar refractivity (Wildman–Crippen MR) is 161 cm³/mol. The number of hydrogen-bond acceptors (Lipinski definition) is 0. The first kappa shape index (κ1) is 21.9. The van der Waals surface area contributed by atoms with Crippen molar-refractivity contribution in [3.05, 3.63) is 156 Å². The van der Waals surface area contributed by atoms with Gasteiger partial charge >= 0.3 is 0 Å². The Hall–Kier alpha value is -5.30. The van der Waals surface area contributed by atoms with Gasteiger partial charge in [0.1, 0.15) is 0 Å². The summed E-state index contributed by atoms with van der Waals surface area (Å²) in [6.07, 6.45) is 0. The van der Waals surface area contributed by atoms with E-state index in [0.717, 1.165) is 43.8 Å². The topological polar surface area (TPSA) is 0 Å². The van der Waals surface area contributed by atoms with E-state index in [4.69, 9.17) is 0 Å². The van der Waals surface area contributed by atoms with Crippen LogP contribution in [0.15, 0.2) is 133 Å². The lowest BCUT2D eigenvalue weighted by Crippen LogP contribution is -1.90. The summed E-state index contributed by atoms with van der Waals surface area (Å²) in [5, 5.41) is 9.36. The Morgan fingerprint density at radius 3 is 1.03 bits per heavy atom. The third-order valence-corrected chi connectivity index (χ3v) is 7.09. The first-order valence-electron chi connectivity index (χ1n) is 12.8. The Bertz CT molecular complexity index is 1930. The van der Waals surface area contributed by atoms with Crippen LogP contribution in [0.3, 0.4) is 0 Å². The van der Waals surface area contributed by atoms with Crippen LogP contribution in [0.25, 0.3) is 43.1 Å². The van der Waals surface area contributed by atoms with Crippen molar-refractivity contribution in [1.82, 2.24) is 0 Å². The minimum atomic E-state index is 1.01. The third kappa shape index (κ3) is 3.96. The first-order chi connectivity index (χ1) is 18.8. The maximum atomic E-state index is 3.53. The molecule has 38 heavy (non-hydrogen) atoms. The van der Waals surface area contributed by atoms with Crippen molar-refractivity contribution in [2.45, 2.75) is 0 Å². The van der Waals surface area contributed by atoms with Crippen LogP contribution in [0.2, 0.25) is 0 Å². The van der Waals surface area contributed by atoms with Crippen LogP contribution in [-0.4, -0.2) is 0 Å². The normalized spacial score (nSPS) is 10.7. The van der Waals surface area contributed by atoms with Gasteiger partial charge in [-0.3, -0.25) is 0 Å². The fourth-order valence-corrected chi connectivity index (χ4v) is 5.20. The molecule has 0 radical (unpaired) electrons. The van der Waals surface area contributed by atoms with Gasteiger partial charge in [-0.15, -0.1) is 0 Å². The zero-order chi connectivity index (χ0) is 25.3. The highest BCUT2D eigenvalue weighted by atomic mass is 14.1. The van der Waals surface area contributed by atoms with Gasteiger partial charge in [0.25, 0.3) is 0 Å². The van der Waals surface area contributed by atoms with Gasteiger partial charge in [0.15, 0.2) is 0 Å². The molecule has 0 aliphatic rings. The minimum absolute atomic E-state index is 1.01. The van der Waals surface area contributed by atoms with Crippen LogP contribution >= 0.6 is 0 Å². The minimum Gasteiger partial charge on any atom is -0.0616 e. The molecule has 0 aliphatic carbocycles. The van der Waals surface area contributed by atoms with E-state index in [9.17, 15) is 0 Å². The molecule has 0 fully saturated rings. The maximum Gasteiger partial charge on any atom is 0.0406 e. The van der Waals surface area contributed by atoms with E-state index in [2.05, 4.69) is 157 Å². The summed E-state index contributed by atoms with van der Waals surface area (Å²) in [5.74, 6) is 14.0. The molecule has 174 valence electrons. The molecule has 7 aromatic carbocycles. The second-order valence-electron chi connectivity index (χ2n) is 9.47. The quantitative estimate of drug-likeness (QED) is 0.151. The average molecular weight is 479 g/mol. The lowest BCUT2D eigenvalue weighted by molar-refractivity contribution is 1.68. The summed E-state index contributed by atoms with van der Waals surface area (Å²) in [5.41, 5.74) is 4.11. The Kier molecular flexibility index (Phi) is 5.37. The summed E-state index contributed by atoms with van der Waals surface area (Å²) in [6, 6.07) is 46.6. The van der Waals surface area contributed by atoms with Crippen molar-refractivity contribution in [2.75, 3.05) is 0 Å². The van der Waals surface area contributed by atoms with Gasteiger partial charge in [-0.1, -0.05) is 133 Å². The maximum absolute atomic E-state index is 3.53. The van der Waals surface area contributed by atoms with Crippen LogP contribution in [0.4, 0.5) is 0 Å².